The van der Waals surface area contributed by atoms with Crippen LogP contribution in [0.4, 0.5) is 4.39 Å². The van der Waals surface area contributed by atoms with E-state index in [1.165, 1.54) is 0 Å². The molecule has 0 aliphatic rings. The third-order valence-electron chi connectivity index (χ3n) is 3.88. The second kappa shape index (κ2) is 30.6. The molecule has 0 rings (SSSR count). The molecule has 0 radical (unpaired) electrons. The van der Waals surface area contributed by atoms with E-state index < -0.39 is 6.67 Å². The number of rotatable bonds is 30. The fourth-order valence-electron chi connectivity index (χ4n) is 2.26. The predicted octanol–water partition coefficient (Wildman–Crippen LogP) is 1.53. The van der Waals surface area contributed by atoms with Crippen LogP contribution < -0.4 is 0 Å². The molecule has 0 spiro atoms. The molecular formula is C23H47FO10. The fraction of sp³-hybridized carbons (Fsp3) is 1.00. The molecule has 0 fully saturated rings. The summed E-state index contributed by atoms with van der Waals surface area (Å²) in [7, 11) is 0. The third kappa shape index (κ3) is 31.5. The molecule has 0 N–H and O–H groups in total. The molecule has 0 aromatic carbocycles. The minimum atomic E-state index is -0.470. The molecule has 10 nitrogen and oxygen atoms in total. The Labute approximate surface area is 204 Å². The van der Waals surface area contributed by atoms with Gasteiger partial charge in [-0.2, -0.15) is 0 Å². The Hall–Kier alpha value is -0.470. The summed E-state index contributed by atoms with van der Waals surface area (Å²) >= 11 is 0. The SMILES string of the molecule is CC(C)OCCOCCOCCOCCOCCOCCOCCOCCOCCOCCF. The summed E-state index contributed by atoms with van der Waals surface area (Å²) in [4.78, 5) is 0. The van der Waals surface area contributed by atoms with Gasteiger partial charge in [-0.25, -0.2) is 4.39 Å². The Balaban J connectivity index is 3.00. The average molecular weight is 503 g/mol. The van der Waals surface area contributed by atoms with Gasteiger partial charge in [-0.05, 0) is 13.8 Å². The molecule has 0 saturated carbocycles. The quantitative estimate of drug-likeness (QED) is 0.135. The van der Waals surface area contributed by atoms with E-state index in [0.29, 0.717) is 119 Å². The van der Waals surface area contributed by atoms with Gasteiger partial charge in [0.1, 0.15) is 6.67 Å². The Bertz CT molecular complexity index is 367. The number of alkyl halides is 1. The van der Waals surface area contributed by atoms with Crippen LogP contribution in [0, 0.1) is 0 Å². The first-order valence-corrected chi connectivity index (χ1v) is 12.1. The molecule has 0 aliphatic carbocycles. The third-order valence-corrected chi connectivity index (χ3v) is 3.88. The van der Waals surface area contributed by atoms with Crippen molar-refractivity contribution in [2.45, 2.75) is 20.0 Å². The monoisotopic (exact) mass is 502 g/mol. The van der Waals surface area contributed by atoms with Crippen molar-refractivity contribution in [1.82, 2.24) is 0 Å². The standard InChI is InChI=1S/C23H47FO10/c1-23(2)34-22-21-33-20-19-32-18-17-31-16-15-30-14-13-29-12-11-28-10-9-27-8-7-26-6-5-25-4-3-24/h23H,3-22H2,1-2H3. The maximum absolute atomic E-state index is 11.8. The lowest BCUT2D eigenvalue weighted by Gasteiger charge is -2.09. The lowest BCUT2D eigenvalue weighted by Crippen LogP contribution is -2.15. The van der Waals surface area contributed by atoms with E-state index in [1.807, 2.05) is 13.8 Å². The normalized spacial score (nSPS) is 11.6. The lowest BCUT2D eigenvalue weighted by molar-refractivity contribution is -0.0279. The smallest absolute Gasteiger partial charge is 0.113 e. The van der Waals surface area contributed by atoms with Gasteiger partial charge in [0.15, 0.2) is 0 Å². The van der Waals surface area contributed by atoms with Crippen molar-refractivity contribution >= 4 is 0 Å². The van der Waals surface area contributed by atoms with Gasteiger partial charge in [0.2, 0.25) is 0 Å². The molecule has 0 atom stereocenters. The Morgan fingerprint density at radius 1 is 0.353 bits per heavy atom. The number of ether oxygens (including phenoxy) is 10. The zero-order valence-electron chi connectivity index (χ0n) is 21.2. The Morgan fingerprint density at radius 3 is 0.765 bits per heavy atom. The molecule has 34 heavy (non-hydrogen) atoms. The highest BCUT2D eigenvalue weighted by atomic mass is 19.1. The second-order valence-electron chi connectivity index (χ2n) is 7.12. The summed E-state index contributed by atoms with van der Waals surface area (Å²) in [6, 6.07) is 0. The van der Waals surface area contributed by atoms with Crippen molar-refractivity contribution in [2.24, 2.45) is 0 Å². The molecule has 0 aromatic heterocycles. The largest absolute Gasteiger partial charge is 0.377 e. The Morgan fingerprint density at radius 2 is 0.559 bits per heavy atom. The van der Waals surface area contributed by atoms with Crippen molar-refractivity contribution < 1.29 is 51.8 Å². The highest BCUT2D eigenvalue weighted by molar-refractivity contribution is 4.39. The first kappa shape index (κ1) is 33.5. The molecular weight excluding hydrogens is 455 g/mol. The van der Waals surface area contributed by atoms with E-state index >= 15 is 0 Å². The molecule has 0 bridgehead atoms. The van der Waals surface area contributed by atoms with Crippen molar-refractivity contribution in [1.29, 1.82) is 0 Å². The number of halogens is 1. The summed E-state index contributed by atoms with van der Waals surface area (Å²) < 4.78 is 65.2. The van der Waals surface area contributed by atoms with Crippen LogP contribution >= 0.6 is 0 Å². The molecule has 0 heterocycles. The average Bonchev–Trinajstić information content (AvgIpc) is 2.83. The first-order chi connectivity index (χ1) is 16.8. The number of hydrogen-bond donors (Lipinski definition) is 0. The molecule has 11 heteroatoms. The van der Waals surface area contributed by atoms with Crippen molar-refractivity contribution in [2.75, 3.05) is 132 Å². The highest BCUT2D eigenvalue weighted by Crippen LogP contribution is 1.88. The van der Waals surface area contributed by atoms with Gasteiger partial charge in [-0.15, -0.1) is 0 Å². The predicted molar refractivity (Wildman–Crippen MR) is 124 cm³/mol. The van der Waals surface area contributed by atoms with Crippen LogP contribution in [0.3, 0.4) is 0 Å². The van der Waals surface area contributed by atoms with Crippen LogP contribution in [0.15, 0.2) is 0 Å². The van der Waals surface area contributed by atoms with E-state index in [-0.39, 0.29) is 12.7 Å². The van der Waals surface area contributed by atoms with Crippen molar-refractivity contribution in [3.8, 4) is 0 Å². The molecule has 0 aromatic rings. The first-order valence-electron chi connectivity index (χ1n) is 12.1. The summed E-state index contributed by atoms with van der Waals surface area (Å²) in [5.74, 6) is 0. The second-order valence-corrected chi connectivity index (χ2v) is 7.12. The van der Waals surface area contributed by atoms with Gasteiger partial charge < -0.3 is 47.4 Å². The van der Waals surface area contributed by atoms with Crippen LogP contribution in [-0.2, 0) is 47.4 Å². The summed E-state index contributed by atoms with van der Waals surface area (Å²) in [5.41, 5.74) is 0. The van der Waals surface area contributed by atoms with Crippen LogP contribution in [0.5, 0.6) is 0 Å². The maximum Gasteiger partial charge on any atom is 0.113 e. The summed E-state index contributed by atoms with van der Waals surface area (Å²) in [5, 5.41) is 0. The molecule has 0 aliphatic heterocycles. The van der Waals surface area contributed by atoms with E-state index in [1.54, 1.807) is 0 Å². The Kier molecular flexibility index (Phi) is 30.1. The minimum absolute atomic E-state index is 0.118. The van der Waals surface area contributed by atoms with E-state index in [0.717, 1.165) is 0 Å². The maximum atomic E-state index is 11.8. The zero-order valence-corrected chi connectivity index (χ0v) is 21.2. The van der Waals surface area contributed by atoms with E-state index in [9.17, 15) is 4.39 Å². The lowest BCUT2D eigenvalue weighted by atomic mass is 10.5. The highest BCUT2D eigenvalue weighted by Gasteiger charge is 1.96. The van der Waals surface area contributed by atoms with Crippen LogP contribution in [0.1, 0.15) is 13.8 Å². The van der Waals surface area contributed by atoms with Crippen LogP contribution in [-0.4, -0.2) is 138 Å². The number of hydrogen-bond acceptors (Lipinski definition) is 10. The topological polar surface area (TPSA) is 92.3 Å². The van der Waals surface area contributed by atoms with Gasteiger partial charge in [0.25, 0.3) is 0 Å². The molecule has 0 saturated heterocycles. The van der Waals surface area contributed by atoms with Gasteiger partial charge in [-0.1, -0.05) is 0 Å². The van der Waals surface area contributed by atoms with E-state index in [2.05, 4.69) is 0 Å². The molecule has 206 valence electrons. The zero-order chi connectivity index (χ0) is 24.8. The van der Waals surface area contributed by atoms with Crippen LogP contribution in [0.2, 0.25) is 0 Å². The van der Waals surface area contributed by atoms with Gasteiger partial charge in [-0.3, -0.25) is 0 Å². The summed E-state index contributed by atoms with van der Waals surface area (Å²) in [6.45, 7) is 12.9. The minimum Gasteiger partial charge on any atom is -0.377 e. The van der Waals surface area contributed by atoms with Crippen molar-refractivity contribution in [3.05, 3.63) is 0 Å². The van der Waals surface area contributed by atoms with Gasteiger partial charge in [0, 0.05) is 0 Å². The molecule has 0 unspecified atom stereocenters. The van der Waals surface area contributed by atoms with Crippen molar-refractivity contribution in [3.63, 3.8) is 0 Å². The van der Waals surface area contributed by atoms with Crippen LogP contribution in [0.25, 0.3) is 0 Å². The molecule has 0 amide bonds. The van der Waals surface area contributed by atoms with E-state index in [4.69, 9.17) is 47.4 Å². The van der Waals surface area contributed by atoms with Gasteiger partial charge >= 0.3 is 0 Å². The fourth-order valence-corrected chi connectivity index (χ4v) is 2.26. The summed E-state index contributed by atoms with van der Waals surface area (Å²) in [6.07, 6.45) is 0.232. The van der Waals surface area contributed by atoms with Gasteiger partial charge in [0.05, 0.1) is 132 Å².